The predicted octanol–water partition coefficient (Wildman–Crippen LogP) is -0.0384. The highest BCUT2D eigenvalue weighted by molar-refractivity contribution is 5.72. The van der Waals surface area contributed by atoms with Crippen molar-refractivity contribution in [3.63, 3.8) is 0 Å². The molecule has 10 heteroatoms. The topological polar surface area (TPSA) is 168 Å². The molecule has 1 aromatic rings. The molecular formula is C7H9N5O5. The third-order valence-corrected chi connectivity index (χ3v) is 1.29. The van der Waals surface area contributed by atoms with E-state index in [1.54, 1.807) is 0 Å². The second-order valence-electron chi connectivity index (χ2n) is 2.53. The number of phenolic OH excluding ortho intramolecular Hbond substituents is 1. The molecule has 0 fully saturated rings. The minimum Gasteiger partial charge on any atom is -0.502 e. The lowest BCUT2D eigenvalue weighted by Gasteiger charge is -1.91. The van der Waals surface area contributed by atoms with Gasteiger partial charge < -0.3 is 10.8 Å². The van der Waals surface area contributed by atoms with E-state index in [0.29, 0.717) is 0 Å². The van der Waals surface area contributed by atoms with Gasteiger partial charge in [0, 0.05) is 6.07 Å². The van der Waals surface area contributed by atoms with Gasteiger partial charge in [0.05, 0.1) is 4.92 Å². The summed E-state index contributed by atoms with van der Waals surface area (Å²) in [5, 5.41) is 33.5. The van der Waals surface area contributed by atoms with Gasteiger partial charge in [-0.05, 0) is 6.07 Å². The van der Waals surface area contributed by atoms with Gasteiger partial charge in [0.2, 0.25) is 5.96 Å². The average molecular weight is 243 g/mol. The number of aromatic hydroxyl groups is 1. The van der Waals surface area contributed by atoms with Crippen LogP contribution in [0.1, 0.15) is 0 Å². The molecule has 0 unspecified atom stereocenters. The highest BCUT2D eigenvalue weighted by atomic mass is 16.7. The van der Waals surface area contributed by atoms with E-state index < -0.39 is 15.9 Å². The van der Waals surface area contributed by atoms with Gasteiger partial charge in [0.15, 0.2) is 10.8 Å². The van der Waals surface area contributed by atoms with Crippen molar-refractivity contribution in [2.24, 2.45) is 5.73 Å². The van der Waals surface area contributed by atoms with Gasteiger partial charge in [-0.3, -0.25) is 15.5 Å². The van der Waals surface area contributed by atoms with Crippen molar-refractivity contribution in [2.45, 2.75) is 0 Å². The van der Waals surface area contributed by atoms with Crippen molar-refractivity contribution in [1.29, 1.82) is 5.41 Å². The fraction of sp³-hybridized carbons (Fsp3) is 0. The summed E-state index contributed by atoms with van der Waals surface area (Å²) in [7, 11) is 0. The van der Waals surface area contributed by atoms with Crippen LogP contribution in [-0.4, -0.2) is 21.0 Å². The standard InChI is InChI=1S/C6H5NO3.CH4N4O2/c8-6-4-2-1-3-5(6)7(9)10;2-1(3)4-5(6)7/h1-4,8H;(H4,2,3,4). The van der Waals surface area contributed by atoms with E-state index >= 15 is 0 Å². The molecule has 0 heterocycles. The molecule has 0 aromatic heterocycles. The molecule has 0 saturated carbocycles. The second kappa shape index (κ2) is 6.55. The summed E-state index contributed by atoms with van der Waals surface area (Å²) in [6.45, 7) is 0. The van der Waals surface area contributed by atoms with E-state index in [1.807, 2.05) is 0 Å². The maximum atomic E-state index is 10.1. The van der Waals surface area contributed by atoms with Crippen LogP contribution in [0.5, 0.6) is 5.75 Å². The van der Waals surface area contributed by atoms with Crippen LogP contribution in [0.15, 0.2) is 24.3 Å². The number of nitro benzene ring substituents is 1. The molecule has 17 heavy (non-hydrogen) atoms. The molecule has 10 nitrogen and oxygen atoms in total. The molecule has 0 aliphatic rings. The zero-order chi connectivity index (χ0) is 13.4. The lowest BCUT2D eigenvalue weighted by Crippen LogP contribution is -2.34. The summed E-state index contributed by atoms with van der Waals surface area (Å²) in [4.78, 5) is 18.7. The van der Waals surface area contributed by atoms with Crippen LogP contribution >= 0.6 is 0 Å². The Bertz CT molecular complexity index is 422. The van der Waals surface area contributed by atoms with Crippen LogP contribution in [0.25, 0.3) is 0 Å². The van der Waals surface area contributed by atoms with E-state index in [9.17, 15) is 20.2 Å². The van der Waals surface area contributed by atoms with Crippen LogP contribution in [0.3, 0.4) is 0 Å². The number of hydrogen-bond acceptors (Lipinski definition) is 6. The molecule has 92 valence electrons. The Balaban J connectivity index is 0.000000325. The molecule has 0 bridgehead atoms. The van der Waals surface area contributed by atoms with Crippen LogP contribution in [0.2, 0.25) is 0 Å². The summed E-state index contributed by atoms with van der Waals surface area (Å²) in [6.07, 6.45) is 0. The third kappa shape index (κ3) is 6.22. The normalized spacial score (nSPS) is 8.47. The quantitative estimate of drug-likeness (QED) is 0.244. The molecule has 1 rings (SSSR count). The van der Waals surface area contributed by atoms with E-state index in [2.05, 4.69) is 5.73 Å². The molecular weight excluding hydrogens is 234 g/mol. The Morgan fingerprint density at radius 3 is 2.12 bits per heavy atom. The molecule has 0 aliphatic heterocycles. The van der Waals surface area contributed by atoms with Crippen molar-refractivity contribution in [2.75, 3.05) is 0 Å². The van der Waals surface area contributed by atoms with Crippen molar-refractivity contribution in [3.05, 3.63) is 44.5 Å². The van der Waals surface area contributed by atoms with Gasteiger partial charge >= 0.3 is 5.69 Å². The Morgan fingerprint density at radius 2 is 1.88 bits per heavy atom. The molecule has 0 radical (unpaired) electrons. The Labute approximate surface area is 94.4 Å². The fourth-order valence-corrected chi connectivity index (χ4v) is 0.717. The van der Waals surface area contributed by atoms with Crippen molar-refractivity contribution in [3.8, 4) is 5.75 Å². The van der Waals surface area contributed by atoms with Gasteiger partial charge in [-0.15, -0.1) is 0 Å². The molecule has 1 aromatic carbocycles. The van der Waals surface area contributed by atoms with Crippen molar-refractivity contribution in [1.82, 2.24) is 5.43 Å². The van der Waals surface area contributed by atoms with Gasteiger partial charge in [-0.25, -0.2) is 10.1 Å². The number of rotatable bonds is 2. The summed E-state index contributed by atoms with van der Waals surface area (Å²) in [6, 6.07) is 5.55. The van der Waals surface area contributed by atoms with E-state index in [1.165, 1.54) is 29.7 Å². The number of nitrogens with one attached hydrogen (secondary N) is 2. The molecule has 0 atom stereocenters. The number of hydrogen-bond donors (Lipinski definition) is 4. The highest BCUT2D eigenvalue weighted by Crippen LogP contribution is 2.23. The SMILES string of the molecule is N=C(N)N[N+](=O)[O-].O=[N+]([O-])c1ccccc1O. The fourth-order valence-electron chi connectivity index (χ4n) is 0.717. The Hall–Kier alpha value is -2.91. The predicted molar refractivity (Wildman–Crippen MR) is 56.8 cm³/mol. The summed E-state index contributed by atoms with van der Waals surface area (Å²) in [5.41, 5.74) is 5.65. The number of hydrazine groups is 1. The smallest absolute Gasteiger partial charge is 0.310 e. The van der Waals surface area contributed by atoms with Crippen molar-refractivity contribution < 1.29 is 15.1 Å². The zero-order valence-electron chi connectivity index (χ0n) is 8.36. The van der Waals surface area contributed by atoms with E-state index in [4.69, 9.17) is 10.5 Å². The number of nitro groups is 2. The maximum absolute atomic E-state index is 10.1. The lowest BCUT2D eigenvalue weighted by molar-refractivity contribution is -0.525. The van der Waals surface area contributed by atoms with E-state index in [0.717, 1.165) is 0 Å². The largest absolute Gasteiger partial charge is 0.502 e. The molecule has 0 spiro atoms. The first-order valence-electron chi connectivity index (χ1n) is 4.02. The maximum Gasteiger partial charge on any atom is 0.310 e. The average Bonchev–Trinajstić information content (AvgIpc) is 2.16. The number of nitrogens with zero attached hydrogens (tertiary/aromatic N) is 2. The number of nitrogens with two attached hydrogens (primary N) is 1. The van der Waals surface area contributed by atoms with Gasteiger partial charge in [0.1, 0.15) is 0 Å². The van der Waals surface area contributed by atoms with Gasteiger partial charge in [-0.1, -0.05) is 17.6 Å². The van der Waals surface area contributed by atoms with Crippen LogP contribution in [-0.2, 0) is 0 Å². The number of benzene rings is 1. The van der Waals surface area contributed by atoms with Crippen LogP contribution in [0.4, 0.5) is 5.69 Å². The molecule has 5 N–H and O–H groups in total. The molecule has 0 saturated heterocycles. The number of phenols is 1. The van der Waals surface area contributed by atoms with Gasteiger partial charge in [0.25, 0.3) is 0 Å². The minimum atomic E-state index is -0.900. The highest BCUT2D eigenvalue weighted by Gasteiger charge is 2.09. The summed E-state index contributed by atoms with van der Waals surface area (Å²) in [5.74, 6) is -0.961. The Morgan fingerprint density at radius 1 is 1.35 bits per heavy atom. The third-order valence-electron chi connectivity index (χ3n) is 1.29. The van der Waals surface area contributed by atoms with Crippen LogP contribution in [0, 0.1) is 25.6 Å². The van der Waals surface area contributed by atoms with Crippen molar-refractivity contribution >= 4 is 11.6 Å². The Kier molecular flexibility index (Phi) is 5.43. The van der Waals surface area contributed by atoms with E-state index in [-0.39, 0.29) is 11.4 Å². The first-order valence-corrected chi connectivity index (χ1v) is 4.02. The first kappa shape index (κ1) is 14.1. The summed E-state index contributed by atoms with van der Waals surface area (Å²) < 4.78 is 0. The lowest BCUT2D eigenvalue weighted by atomic mass is 10.3. The minimum absolute atomic E-state index is 0.262. The van der Waals surface area contributed by atoms with Crippen LogP contribution < -0.4 is 11.2 Å². The monoisotopic (exact) mass is 243 g/mol. The molecule has 0 aliphatic carbocycles. The first-order chi connectivity index (χ1) is 7.84. The molecule has 0 amide bonds. The summed E-state index contributed by atoms with van der Waals surface area (Å²) >= 11 is 0. The number of para-hydroxylation sites is 2. The zero-order valence-corrected chi connectivity index (χ0v) is 8.36. The number of guanidine groups is 1. The van der Waals surface area contributed by atoms with Gasteiger partial charge in [-0.2, -0.15) is 0 Å². The second-order valence-corrected chi connectivity index (χ2v) is 2.53.